The Balaban J connectivity index is 1.65. The zero-order valence-electron chi connectivity index (χ0n) is 13.1. The van der Waals surface area contributed by atoms with Crippen LogP contribution in [-0.2, 0) is 13.1 Å². The van der Waals surface area contributed by atoms with Gasteiger partial charge in [0.2, 0.25) is 0 Å². The minimum atomic E-state index is 0.739. The molecule has 0 unspecified atom stereocenters. The molecule has 21 heavy (non-hydrogen) atoms. The number of aromatic nitrogens is 2. The highest BCUT2D eigenvalue weighted by atomic mass is 15.3. The molecule has 1 aliphatic rings. The molecule has 1 heterocycles. The quantitative estimate of drug-likeness (QED) is 0.698. The molecular formula is C18H27N3. The number of nitrogens with zero attached hydrogens (tertiary/aromatic N) is 2. The van der Waals surface area contributed by atoms with Crippen molar-refractivity contribution < 1.29 is 0 Å². The minimum Gasteiger partial charge on any atom is -0.308 e. The van der Waals surface area contributed by atoms with E-state index in [1.165, 1.54) is 61.5 Å². The molecule has 0 saturated heterocycles. The fourth-order valence-electron chi connectivity index (χ4n) is 2.89. The summed E-state index contributed by atoms with van der Waals surface area (Å²) >= 11 is 0. The summed E-state index contributed by atoms with van der Waals surface area (Å²) in [6, 6.07) is 9.39. The predicted molar refractivity (Wildman–Crippen MR) is 88.4 cm³/mol. The van der Waals surface area contributed by atoms with E-state index < -0.39 is 0 Å². The first-order valence-corrected chi connectivity index (χ1v) is 8.56. The molecule has 0 radical (unpaired) electrons. The Morgan fingerprint density at radius 3 is 2.76 bits per heavy atom. The zero-order valence-corrected chi connectivity index (χ0v) is 13.1. The van der Waals surface area contributed by atoms with Gasteiger partial charge in [-0.25, -0.2) is 0 Å². The van der Waals surface area contributed by atoms with E-state index in [1.54, 1.807) is 0 Å². The van der Waals surface area contributed by atoms with Crippen molar-refractivity contribution in [1.82, 2.24) is 15.1 Å². The second-order valence-corrected chi connectivity index (χ2v) is 6.26. The lowest BCUT2D eigenvalue weighted by molar-refractivity contribution is 0.536. The van der Waals surface area contributed by atoms with Gasteiger partial charge in [-0.15, -0.1) is 0 Å². The number of rotatable bonds is 9. The SMILES string of the molecule is CCCCCCCn1nc(CNC2CC2)c2ccccc21. The van der Waals surface area contributed by atoms with Crippen LogP contribution in [-0.4, -0.2) is 15.8 Å². The molecule has 0 amide bonds. The number of nitrogens with one attached hydrogen (secondary N) is 1. The van der Waals surface area contributed by atoms with Gasteiger partial charge in [0, 0.05) is 24.5 Å². The Bertz CT molecular complexity index is 569. The lowest BCUT2D eigenvalue weighted by Crippen LogP contribution is -2.16. The van der Waals surface area contributed by atoms with Gasteiger partial charge in [0.1, 0.15) is 0 Å². The van der Waals surface area contributed by atoms with Crippen LogP contribution in [0, 0.1) is 0 Å². The van der Waals surface area contributed by atoms with Gasteiger partial charge in [-0.2, -0.15) is 5.10 Å². The first-order chi connectivity index (χ1) is 10.4. The number of hydrogen-bond donors (Lipinski definition) is 1. The van der Waals surface area contributed by atoms with Crippen molar-refractivity contribution in [2.75, 3.05) is 0 Å². The number of benzene rings is 1. The van der Waals surface area contributed by atoms with Crippen LogP contribution in [0.3, 0.4) is 0 Å². The zero-order chi connectivity index (χ0) is 14.5. The smallest absolute Gasteiger partial charge is 0.0841 e. The number of unbranched alkanes of at least 4 members (excludes halogenated alkanes) is 4. The monoisotopic (exact) mass is 285 g/mol. The Morgan fingerprint density at radius 2 is 1.95 bits per heavy atom. The van der Waals surface area contributed by atoms with E-state index in [4.69, 9.17) is 5.10 Å². The summed E-state index contributed by atoms with van der Waals surface area (Å²) in [6.45, 7) is 4.22. The minimum absolute atomic E-state index is 0.739. The second kappa shape index (κ2) is 7.08. The van der Waals surface area contributed by atoms with Crippen molar-refractivity contribution in [3.05, 3.63) is 30.0 Å². The molecule has 1 aromatic carbocycles. The van der Waals surface area contributed by atoms with Crippen molar-refractivity contribution in [2.24, 2.45) is 0 Å². The first kappa shape index (κ1) is 14.6. The van der Waals surface area contributed by atoms with E-state index in [-0.39, 0.29) is 0 Å². The van der Waals surface area contributed by atoms with Crippen LogP contribution in [0.1, 0.15) is 57.6 Å². The van der Waals surface area contributed by atoms with Crippen LogP contribution in [0.15, 0.2) is 24.3 Å². The predicted octanol–water partition coefficient (Wildman–Crippen LogP) is 4.26. The Kier molecular flexibility index (Phi) is 4.91. The molecule has 3 nitrogen and oxygen atoms in total. The topological polar surface area (TPSA) is 29.9 Å². The summed E-state index contributed by atoms with van der Waals surface area (Å²) in [5, 5.41) is 9.77. The molecule has 1 aliphatic carbocycles. The number of fused-ring (bicyclic) bond motifs is 1. The average molecular weight is 285 g/mol. The van der Waals surface area contributed by atoms with Gasteiger partial charge in [0.05, 0.1) is 11.2 Å². The second-order valence-electron chi connectivity index (χ2n) is 6.26. The van der Waals surface area contributed by atoms with Crippen molar-refractivity contribution in [3.8, 4) is 0 Å². The highest BCUT2D eigenvalue weighted by molar-refractivity contribution is 5.81. The van der Waals surface area contributed by atoms with Crippen molar-refractivity contribution >= 4 is 10.9 Å². The standard InChI is InChI=1S/C18H27N3/c1-2-3-4-5-8-13-21-18-10-7-6-9-16(18)17(20-21)14-19-15-11-12-15/h6-7,9-10,15,19H,2-5,8,11-14H2,1H3. The van der Waals surface area contributed by atoms with Crippen molar-refractivity contribution in [2.45, 2.75) is 71.0 Å². The van der Waals surface area contributed by atoms with Crippen molar-refractivity contribution in [3.63, 3.8) is 0 Å². The molecule has 1 N–H and O–H groups in total. The Morgan fingerprint density at radius 1 is 1.14 bits per heavy atom. The van der Waals surface area contributed by atoms with E-state index in [1.807, 2.05) is 0 Å². The highest BCUT2D eigenvalue weighted by Gasteiger charge is 2.21. The molecule has 1 fully saturated rings. The van der Waals surface area contributed by atoms with Gasteiger partial charge in [-0.05, 0) is 25.3 Å². The average Bonchev–Trinajstić information content (AvgIpc) is 3.28. The molecule has 114 valence electrons. The van der Waals surface area contributed by atoms with Gasteiger partial charge in [-0.3, -0.25) is 4.68 Å². The van der Waals surface area contributed by atoms with E-state index in [0.717, 1.165) is 19.1 Å². The summed E-state index contributed by atoms with van der Waals surface area (Å²) in [5.41, 5.74) is 2.51. The fourth-order valence-corrected chi connectivity index (χ4v) is 2.89. The third-order valence-electron chi connectivity index (χ3n) is 4.34. The van der Waals surface area contributed by atoms with Crippen LogP contribution in [0.4, 0.5) is 0 Å². The lowest BCUT2D eigenvalue weighted by atomic mass is 10.1. The lowest BCUT2D eigenvalue weighted by Gasteiger charge is -2.03. The van der Waals surface area contributed by atoms with Crippen LogP contribution >= 0.6 is 0 Å². The Labute approximate surface area is 127 Å². The molecule has 2 aromatic rings. The van der Waals surface area contributed by atoms with E-state index in [0.29, 0.717) is 0 Å². The number of para-hydroxylation sites is 1. The molecule has 0 aliphatic heterocycles. The van der Waals surface area contributed by atoms with Crippen LogP contribution in [0.25, 0.3) is 10.9 Å². The highest BCUT2D eigenvalue weighted by Crippen LogP contribution is 2.22. The van der Waals surface area contributed by atoms with Gasteiger partial charge < -0.3 is 5.32 Å². The van der Waals surface area contributed by atoms with Gasteiger partial charge in [0.25, 0.3) is 0 Å². The number of hydrogen-bond acceptors (Lipinski definition) is 2. The first-order valence-electron chi connectivity index (χ1n) is 8.56. The maximum atomic E-state index is 4.86. The molecule has 3 heteroatoms. The van der Waals surface area contributed by atoms with Gasteiger partial charge in [-0.1, -0.05) is 50.8 Å². The molecule has 0 spiro atoms. The fraction of sp³-hybridized carbons (Fsp3) is 0.611. The van der Waals surface area contributed by atoms with E-state index in [9.17, 15) is 0 Å². The van der Waals surface area contributed by atoms with Crippen molar-refractivity contribution in [1.29, 1.82) is 0 Å². The molecule has 1 aromatic heterocycles. The largest absolute Gasteiger partial charge is 0.308 e. The summed E-state index contributed by atoms with van der Waals surface area (Å²) in [7, 11) is 0. The normalized spacial score (nSPS) is 14.9. The summed E-state index contributed by atoms with van der Waals surface area (Å²) in [6.07, 6.45) is 9.23. The maximum absolute atomic E-state index is 4.86. The maximum Gasteiger partial charge on any atom is 0.0841 e. The van der Waals surface area contributed by atoms with Crippen LogP contribution < -0.4 is 5.32 Å². The molecule has 3 rings (SSSR count). The Hall–Kier alpha value is -1.35. The van der Waals surface area contributed by atoms with E-state index in [2.05, 4.69) is 41.2 Å². The molecule has 0 bridgehead atoms. The van der Waals surface area contributed by atoms with Crippen LogP contribution in [0.5, 0.6) is 0 Å². The molecular weight excluding hydrogens is 258 g/mol. The molecule has 1 saturated carbocycles. The number of aryl methyl sites for hydroxylation is 1. The summed E-state index contributed by atoms with van der Waals surface area (Å²) in [5.74, 6) is 0. The van der Waals surface area contributed by atoms with Crippen LogP contribution in [0.2, 0.25) is 0 Å². The van der Waals surface area contributed by atoms with Gasteiger partial charge in [0.15, 0.2) is 0 Å². The third kappa shape index (κ3) is 3.85. The summed E-state index contributed by atoms with van der Waals surface area (Å²) < 4.78 is 2.21. The molecule has 0 atom stereocenters. The van der Waals surface area contributed by atoms with Gasteiger partial charge >= 0.3 is 0 Å². The third-order valence-corrected chi connectivity index (χ3v) is 4.34. The summed E-state index contributed by atoms with van der Waals surface area (Å²) in [4.78, 5) is 0. The van der Waals surface area contributed by atoms with E-state index >= 15 is 0 Å².